The first kappa shape index (κ1) is 64.1. The van der Waals surface area contributed by atoms with Crippen LogP contribution in [0.5, 0.6) is 0 Å². The number of rotatable bonds is 26. The van der Waals surface area contributed by atoms with Crippen molar-refractivity contribution in [1.29, 1.82) is 0 Å². The summed E-state index contributed by atoms with van der Waals surface area (Å²) in [6, 6.07) is 31.1. The molecule has 0 radical (unpaired) electrons. The van der Waals surface area contributed by atoms with E-state index >= 15 is 19.2 Å². The molecule has 0 N–H and O–H groups in total. The van der Waals surface area contributed by atoms with Crippen molar-refractivity contribution in [3.8, 4) is 20.9 Å². The number of amides is 8. The third-order valence-electron chi connectivity index (χ3n) is 22.9. The van der Waals surface area contributed by atoms with Crippen LogP contribution in [-0.4, -0.2) is 93.0 Å². The summed E-state index contributed by atoms with van der Waals surface area (Å²) in [4.78, 5) is 129. The Morgan fingerprint density at radius 3 is 0.753 bits per heavy atom. The fraction of sp³-hybridized carbons (Fsp3) is 0.381. The molecule has 5 heterocycles. The maximum Gasteiger partial charge on any atom is 0.261 e. The summed E-state index contributed by atoms with van der Waals surface area (Å²) in [5.41, 5.74) is 5.04. The van der Waals surface area contributed by atoms with Gasteiger partial charge in [-0.05, 0) is 175 Å². The first-order valence-electron chi connectivity index (χ1n) is 36.2. The van der Waals surface area contributed by atoms with Crippen molar-refractivity contribution in [2.45, 2.75) is 158 Å². The van der Waals surface area contributed by atoms with Crippen LogP contribution in [-0.2, 0) is 0 Å². The summed E-state index contributed by atoms with van der Waals surface area (Å²) in [7, 11) is 0. The molecular formula is C84H84N4O8S. The fourth-order valence-corrected chi connectivity index (χ4v) is 18.4. The number of fused-ring (bicyclic) bond motifs is 4. The summed E-state index contributed by atoms with van der Waals surface area (Å²) in [5, 5.41) is 11.7. The lowest BCUT2D eigenvalue weighted by Crippen LogP contribution is -2.43. The summed E-state index contributed by atoms with van der Waals surface area (Å²) >= 11 is 1.51. The quantitative estimate of drug-likeness (QED) is 0.0295. The van der Waals surface area contributed by atoms with E-state index in [0.29, 0.717) is 79.1 Å². The standard InChI is InChI=1S/C84H84N4O8S/c1-9-17-21-45(13-5)41-85-77(89)55-31-25-49-51-27-33-59-73-63(83(95)87(81(59)93)43-47(15-7)23-19-11-3)39-61(69(75(51)73)53-29-35-57(79(85)91)71(55)67(49)53)65-37-38-66(97-65)62-40-64-74-60(82(94)88(84(64)96)44-48(16-8)24-20-12-4)34-28-52-50-26-32-56-72-58(36-30-54(68(50)72)70(62)76(52)74)80(92)86(78(56)90)42-46(14-6)22-18-10-2/h25-40,45-48H,9-24,41-44H2,1-8H3. The lowest BCUT2D eigenvalue weighted by atomic mass is 9.80. The molecule has 12 nitrogen and oxygen atoms in total. The Kier molecular flexibility index (Phi) is 16.6. The number of carbonyl (C=O) groups is 8. The molecule has 10 aromatic carbocycles. The topological polar surface area (TPSA) is 150 Å². The molecule has 4 unspecified atom stereocenters. The second-order valence-electron chi connectivity index (χ2n) is 28.4. The first-order chi connectivity index (χ1) is 47.1. The summed E-state index contributed by atoms with van der Waals surface area (Å²) in [6.45, 7) is 18.3. The molecule has 0 saturated carbocycles. The van der Waals surface area contributed by atoms with Crippen molar-refractivity contribution in [3.63, 3.8) is 0 Å². The highest BCUT2D eigenvalue weighted by atomic mass is 32.1. The van der Waals surface area contributed by atoms with Crippen LogP contribution in [0.4, 0.5) is 0 Å². The summed E-state index contributed by atoms with van der Waals surface area (Å²) in [6.07, 6.45) is 14.9. The van der Waals surface area contributed by atoms with Gasteiger partial charge in [-0.1, -0.05) is 169 Å². The van der Waals surface area contributed by atoms with E-state index in [2.05, 4.69) is 67.5 Å². The molecule has 494 valence electrons. The highest BCUT2D eigenvalue weighted by molar-refractivity contribution is 7.19. The second-order valence-corrected chi connectivity index (χ2v) is 29.5. The van der Waals surface area contributed by atoms with E-state index in [1.807, 2.05) is 84.9 Å². The molecule has 0 bridgehead atoms. The average molecular weight is 1310 g/mol. The van der Waals surface area contributed by atoms with Gasteiger partial charge >= 0.3 is 0 Å². The van der Waals surface area contributed by atoms with Gasteiger partial charge in [0.1, 0.15) is 0 Å². The minimum atomic E-state index is -0.356. The van der Waals surface area contributed by atoms with E-state index in [4.69, 9.17) is 0 Å². The van der Waals surface area contributed by atoms with Gasteiger partial charge in [-0.2, -0.15) is 0 Å². The Bertz CT molecular complexity index is 4830. The highest BCUT2D eigenvalue weighted by Gasteiger charge is 2.42. The largest absolute Gasteiger partial charge is 0.274 e. The molecule has 97 heavy (non-hydrogen) atoms. The van der Waals surface area contributed by atoms with Gasteiger partial charge in [0.25, 0.3) is 47.3 Å². The molecule has 15 rings (SSSR count). The molecule has 0 spiro atoms. The number of thiophene rings is 1. The molecular weight excluding hydrogens is 1230 g/mol. The molecule has 1 aromatic heterocycles. The molecule has 13 heteroatoms. The van der Waals surface area contributed by atoms with Crippen LogP contribution in [0.15, 0.2) is 97.1 Å². The Hall–Kier alpha value is -8.94. The molecule has 4 aliphatic heterocycles. The number of nitrogens with zero attached hydrogens (tertiary/aromatic N) is 4. The van der Waals surface area contributed by atoms with Crippen molar-refractivity contribution in [2.75, 3.05) is 26.2 Å². The van der Waals surface area contributed by atoms with Gasteiger partial charge in [0.2, 0.25) is 0 Å². The summed E-state index contributed by atoms with van der Waals surface area (Å²) < 4.78 is 0. The highest BCUT2D eigenvalue weighted by Crippen LogP contribution is 2.54. The van der Waals surface area contributed by atoms with Crippen molar-refractivity contribution >= 4 is 145 Å². The number of hydrogen-bond acceptors (Lipinski definition) is 9. The van der Waals surface area contributed by atoms with E-state index in [1.54, 1.807) is 0 Å². The van der Waals surface area contributed by atoms with Gasteiger partial charge in [-0.15, -0.1) is 11.3 Å². The minimum absolute atomic E-state index is 0.109. The Morgan fingerprint density at radius 2 is 0.495 bits per heavy atom. The van der Waals surface area contributed by atoms with E-state index < -0.39 is 0 Å². The molecule has 11 aromatic rings. The van der Waals surface area contributed by atoms with Crippen LogP contribution >= 0.6 is 11.3 Å². The predicted octanol–water partition coefficient (Wildman–Crippen LogP) is 20.4. The number of hydrogen-bond donors (Lipinski definition) is 0. The van der Waals surface area contributed by atoms with Gasteiger partial charge in [0, 0.05) is 113 Å². The van der Waals surface area contributed by atoms with Crippen LogP contribution in [0, 0.1) is 23.7 Å². The Balaban J connectivity index is 0.984. The molecule has 4 atom stereocenters. The Morgan fingerprint density at radius 1 is 0.258 bits per heavy atom. The molecule has 4 aliphatic rings. The van der Waals surface area contributed by atoms with Gasteiger partial charge < -0.3 is 0 Å². The van der Waals surface area contributed by atoms with Crippen LogP contribution < -0.4 is 0 Å². The minimum Gasteiger partial charge on any atom is -0.274 e. The van der Waals surface area contributed by atoms with Crippen LogP contribution in [0.2, 0.25) is 0 Å². The van der Waals surface area contributed by atoms with Crippen molar-refractivity contribution in [3.05, 3.63) is 142 Å². The summed E-state index contributed by atoms with van der Waals surface area (Å²) in [5.74, 6) is -2.09. The van der Waals surface area contributed by atoms with Gasteiger partial charge in [-0.25, -0.2) is 0 Å². The van der Waals surface area contributed by atoms with Crippen molar-refractivity contribution in [1.82, 2.24) is 19.6 Å². The van der Waals surface area contributed by atoms with E-state index in [0.717, 1.165) is 188 Å². The zero-order chi connectivity index (χ0) is 67.6. The van der Waals surface area contributed by atoms with E-state index in [9.17, 15) is 19.2 Å². The predicted molar refractivity (Wildman–Crippen MR) is 392 cm³/mol. The second kappa shape index (κ2) is 25.2. The molecule has 8 amide bonds. The van der Waals surface area contributed by atoms with E-state index in [-0.39, 0.29) is 84.0 Å². The van der Waals surface area contributed by atoms with Crippen LogP contribution in [0.3, 0.4) is 0 Å². The molecule has 0 fully saturated rings. The monoisotopic (exact) mass is 1310 g/mol. The third-order valence-corrected chi connectivity index (χ3v) is 24.0. The fourth-order valence-electron chi connectivity index (χ4n) is 17.3. The zero-order valence-corrected chi connectivity index (χ0v) is 58.0. The van der Waals surface area contributed by atoms with Crippen molar-refractivity contribution in [2.24, 2.45) is 23.7 Å². The number of unbranched alkanes of at least 4 members (excludes halogenated alkanes) is 4. The van der Waals surface area contributed by atoms with Crippen LogP contribution in [0.1, 0.15) is 241 Å². The first-order valence-corrected chi connectivity index (χ1v) is 37.0. The normalized spacial score (nSPS) is 16.2. The maximum absolute atomic E-state index is 15.6. The lowest BCUT2D eigenvalue weighted by molar-refractivity contribution is 0.0565. The third kappa shape index (κ3) is 9.76. The number of carbonyl (C=O) groups excluding carboxylic acids is 8. The average Bonchev–Trinajstić information content (AvgIpc) is 1.29. The number of imide groups is 4. The van der Waals surface area contributed by atoms with Gasteiger partial charge in [0.15, 0.2) is 0 Å². The number of benzene rings is 10. The van der Waals surface area contributed by atoms with Crippen LogP contribution in [0.25, 0.3) is 107 Å². The van der Waals surface area contributed by atoms with Gasteiger partial charge in [0.05, 0.1) is 0 Å². The SMILES string of the molecule is CCCCC(CC)CN1C(=O)c2ccc3c4ccc5c6c(cc(-c7ccc(-c8cc9c%10c(ccc%11c%12ccc%13c%14c(ccc(c8c%10%11)c%14%12)C(=O)N(CC(CC)CCCC)C%13=O)C(=O)N(CC(CC)CCCC)C9=O)s7)c(c7ccc(c2c37)C1=O)c64)C(=O)N(CC(CC)CCCC)C5=O. The Labute approximate surface area is 570 Å². The zero-order valence-electron chi connectivity index (χ0n) is 57.2. The lowest BCUT2D eigenvalue weighted by Gasteiger charge is -2.33. The maximum atomic E-state index is 15.6. The van der Waals surface area contributed by atoms with Gasteiger partial charge in [-0.3, -0.25) is 58.0 Å². The van der Waals surface area contributed by atoms with Crippen molar-refractivity contribution < 1.29 is 38.4 Å². The smallest absolute Gasteiger partial charge is 0.261 e. The molecule has 0 aliphatic carbocycles. The van der Waals surface area contributed by atoms with E-state index in [1.165, 1.54) is 30.9 Å². The molecule has 0 saturated heterocycles.